The van der Waals surface area contributed by atoms with Crippen molar-refractivity contribution in [2.75, 3.05) is 0 Å². The van der Waals surface area contributed by atoms with Crippen LogP contribution in [0.15, 0.2) is 18.2 Å². The number of hydrogen-bond donors (Lipinski definition) is 2. The van der Waals surface area contributed by atoms with Gasteiger partial charge in [0.25, 0.3) is 5.91 Å². The third kappa shape index (κ3) is 4.68. The van der Waals surface area contributed by atoms with Gasteiger partial charge < -0.3 is 10.4 Å². The van der Waals surface area contributed by atoms with Gasteiger partial charge in [-0.2, -0.15) is 0 Å². The van der Waals surface area contributed by atoms with E-state index < -0.39 is 12.0 Å². The number of nitrogens with one attached hydrogen (secondary N) is 1. The molecule has 0 aliphatic carbocycles. The van der Waals surface area contributed by atoms with Gasteiger partial charge in [0.15, 0.2) is 0 Å². The van der Waals surface area contributed by atoms with Crippen molar-refractivity contribution < 1.29 is 14.7 Å². The van der Waals surface area contributed by atoms with E-state index in [0.717, 1.165) is 11.1 Å². The SMILES string of the molecule is Cc1cc(C)cc(C(=O)NC(CC(=O)O)C(C)(C)C)c1. The Morgan fingerprint density at radius 3 is 2.05 bits per heavy atom. The lowest BCUT2D eigenvalue weighted by Crippen LogP contribution is -2.45. The maximum Gasteiger partial charge on any atom is 0.305 e. The van der Waals surface area contributed by atoms with Crippen LogP contribution in [-0.4, -0.2) is 23.0 Å². The fourth-order valence-corrected chi connectivity index (χ4v) is 2.10. The lowest BCUT2D eigenvalue weighted by Gasteiger charge is -2.30. The van der Waals surface area contributed by atoms with Crippen LogP contribution in [0.2, 0.25) is 0 Å². The summed E-state index contributed by atoms with van der Waals surface area (Å²) in [5.74, 6) is -1.14. The number of carboxylic acid groups (broad SMARTS) is 1. The molecule has 0 bridgehead atoms. The van der Waals surface area contributed by atoms with E-state index in [1.165, 1.54) is 0 Å². The van der Waals surface area contributed by atoms with Gasteiger partial charge in [-0.1, -0.05) is 38.0 Å². The van der Waals surface area contributed by atoms with Crippen LogP contribution in [0, 0.1) is 19.3 Å². The molecule has 0 saturated carbocycles. The molecule has 4 heteroatoms. The normalized spacial score (nSPS) is 12.8. The van der Waals surface area contributed by atoms with Gasteiger partial charge in [0.05, 0.1) is 6.42 Å². The minimum atomic E-state index is -0.911. The number of carboxylic acids is 1. The van der Waals surface area contributed by atoms with Crippen LogP contribution in [0.4, 0.5) is 0 Å². The molecule has 1 atom stereocenters. The molecule has 1 amide bonds. The number of amides is 1. The van der Waals surface area contributed by atoms with E-state index in [-0.39, 0.29) is 17.7 Å². The van der Waals surface area contributed by atoms with Crippen molar-refractivity contribution in [3.8, 4) is 0 Å². The molecule has 1 aromatic rings. The quantitative estimate of drug-likeness (QED) is 0.889. The van der Waals surface area contributed by atoms with Gasteiger partial charge in [-0.15, -0.1) is 0 Å². The van der Waals surface area contributed by atoms with Gasteiger partial charge in [0.2, 0.25) is 0 Å². The van der Waals surface area contributed by atoms with Crippen molar-refractivity contribution in [2.24, 2.45) is 5.41 Å². The average molecular weight is 277 g/mol. The molecular weight excluding hydrogens is 254 g/mol. The molecule has 0 spiro atoms. The summed E-state index contributed by atoms with van der Waals surface area (Å²) in [7, 11) is 0. The van der Waals surface area contributed by atoms with Crippen molar-refractivity contribution in [3.63, 3.8) is 0 Å². The molecule has 0 aromatic heterocycles. The largest absolute Gasteiger partial charge is 0.481 e. The second kappa shape index (κ2) is 6.07. The number of aliphatic carboxylic acids is 1. The van der Waals surface area contributed by atoms with Crippen LogP contribution >= 0.6 is 0 Å². The number of carbonyl (C=O) groups excluding carboxylic acids is 1. The third-order valence-corrected chi connectivity index (χ3v) is 3.21. The fourth-order valence-electron chi connectivity index (χ4n) is 2.10. The van der Waals surface area contributed by atoms with E-state index >= 15 is 0 Å². The molecule has 0 aliphatic heterocycles. The first-order valence-electron chi connectivity index (χ1n) is 6.70. The van der Waals surface area contributed by atoms with Crippen LogP contribution in [0.5, 0.6) is 0 Å². The Hall–Kier alpha value is -1.84. The predicted octanol–water partition coefficient (Wildman–Crippen LogP) is 2.92. The van der Waals surface area contributed by atoms with E-state index in [9.17, 15) is 9.59 Å². The van der Waals surface area contributed by atoms with Crippen molar-refractivity contribution in [1.82, 2.24) is 5.32 Å². The second-order valence-corrected chi connectivity index (χ2v) is 6.37. The van der Waals surface area contributed by atoms with Gasteiger partial charge in [-0.25, -0.2) is 0 Å². The number of aryl methyl sites for hydroxylation is 2. The Morgan fingerprint density at radius 1 is 1.15 bits per heavy atom. The molecule has 1 rings (SSSR count). The Morgan fingerprint density at radius 2 is 1.65 bits per heavy atom. The molecule has 0 saturated heterocycles. The Bertz CT molecular complexity index is 495. The molecule has 4 nitrogen and oxygen atoms in total. The van der Waals surface area contributed by atoms with Gasteiger partial charge in [0.1, 0.15) is 0 Å². The first kappa shape index (κ1) is 16.2. The van der Waals surface area contributed by atoms with Crippen LogP contribution in [0.25, 0.3) is 0 Å². The molecule has 0 heterocycles. The van der Waals surface area contributed by atoms with Crippen molar-refractivity contribution in [3.05, 3.63) is 34.9 Å². The van der Waals surface area contributed by atoms with E-state index in [0.29, 0.717) is 5.56 Å². The number of hydrogen-bond acceptors (Lipinski definition) is 2. The third-order valence-electron chi connectivity index (χ3n) is 3.21. The maximum absolute atomic E-state index is 12.3. The van der Waals surface area contributed by atoms with E-state index in [1.54, 1.807) is 0 Å². The molecule has 0 radical (unpaired) electrons. The first-order chi connectivity index (χ1) is 9.09. The summed E-state index contributed by atoms with van der Waals surface area (Å²) >= 11 is 0. The minimum Gasteiger partial charge on any atom is -0.481 e. The summed E-state index contributed by atoms with van der Waals surface area (Å²) in [4.78, 5) is 23.2. The number of carbonyl (C=O) groups is 2. The topological polar surface area (TPSA) is 66.4 Å². The molecule has 0 fully saturated rings. The van der Waals surface area contributed by atoms with Crippen LogP contribution in [0.1, 0.15) is 48.7 Å². The minimum absolute atomic E-state index is 0.0833. The monoisotopic (exact) mass is 277 g/mol. The van der Waals surface area contributed by atoms with Crippen molar-refractivity contribution in [1.29, 1.82) is 0 Å². The van der Waals surface area contributed by atoms with Crippen molar-refractivity contribution in [2.45, 2.75) is 47.1 Å². The highest BCUT2D eigenvalue weighted by atomic mass is 16.4. The number of rotatable bonds is 4. The summed E-state index contributed by atoms with van der Waals surface area (Å²) in [6, 6.07) is 5.20. The average Bonchev–Trinajstić information content (AvgIpc) is 2.24. The van der Waals surface area contributed by atoms with Gasteiger partial charge >= 0.3 is 5.97 Å². The van der Waals surface area contributed by atoms with Crippen LogP contribution in [-0.2, 0) is 4.79 Å². The van der Waals surface area contributed by atoms with Crippen LogP contribution in [0.3, 0.4) is 0 Å². The lowest BCUT2D eigenvalue weighted by atomic mass is 9.84. The molecular formula is C16H23NO3. The standard InChI is InChI=1S/C16H23NO3/c1-10-6-11(2)8-12(7-10)15(20)17-13(9-14(18)19)16(3,4)5/h6-8,13H,9H2,1-5H3,(H,17,20)(H,18,19). The smallest absolute Gasteiger partial charge is 0.305 e. The second-order valence-electron chi connectivity index (χ2n) is 6.37. The molecule has 1 aromatic carbocycles. The fraction of sp³-hybridized carbons (Fsp3) is 0.500. The summed E-state index contributed by atoms with van der Waals surface area (Å²) < 4.78 is 0. The molecule has 1 unspecified atom stereocenters. The highest BCUT2D eigenvalue weighted by Gasteiger charge is 2.28. The van der Waals surface area contributed by atoms with Crippen LogP contribution < -0.4 is 5.32 Å². The Balaban J connectivity index is 2.93. The van der Waals surface area contributed by atoms with Gasteiger partial charge in [0, 0.05) is 11.6 Å². The number of benzene rings is 1. The van der Waals surface area contributed by atoms with E-state index in [4.69, 9.17) is 5.11 Å². The van der Waals surface area contributed by atoms with Gasteiger partial charge in [-0.05, 0) is 31.4 Å². The zero-order valence-corrected chi connectivity index (χ0v) is 12.8. The highest BCUT2D eigenvalue weighted by Crippen LogP contribution is 2.22. The zero-order valence-electron chi connectivity index (χ0n) is 12.8. The predicted molar refractivity (Wildman–Crippen MR) is 78.9 cm³/mol. The molecule has 110 valence electrons. The lowest BCUT2D eigenvalue weighted by molar-refractivity contribution is -0.138. The van der Waals surface area contributed by atoms with Crippen molar-refractivity contribution >= 4 is 11.9 Å². The summed E-state index contributed by atoms with van der Waals surface area (Å²) in [5, 5.41) is 11.8. The highest BCUT2D eigenvalue weighted by molar-refractivity contribution is 5.95. The first-order valence-corrected chi connectivity index (χ1v) is 6.70. The zero-order chi connectivity index (χ0) is 15.5. The molecule has 2 N–H and O–H groups in total. The Kier molecular flexibility index (Phi) is 4.93. The van der Waals surface area contributed by atoms with E-state index in [2.05, 4.69) is 5.32 Å². The summed E-state index contributed by atoms with van der Waals surface area (Å²) in [6.45, 7) is 9.62. The Labute approximate surface area is 120 Å². The summed E-state index contributed by atoms with van der Waals surface area (Å²) in [5.41, 5.74) is 2.29. The maximum atomic E-state index is 12.3. The van der Waals surface area contributed by atoms with E-state index in [1.807, 2.05) is 52.8 Å². The molecule has 0 aliphatic rings. The molecule has 20 heavy (non-hydrogen) atoms. The summed E-state index contributed by atoms with van der Waals surface area (Å²) in [6.07, 6.45) is -0.0833. The van der Waals surface area contributed by atoms with Gasteiger partial charge in [-0.3, -0.25) is 9.59 Å².